The molecule has 2 unspecified atom stereocenters. The molecular formula is C19H20NO2P. The Morgan fingerprint density at radius 1 is 1.13 bits per heavy atom. The molecule has 1 amide bonds. The summed E-state index contributed by atoms with van der Waals surface area (Å²) in [5, 5.41) is 2.89. The number of hydrogen-bond acceptors (Lipinski definition) is 2. The molecule has 0 radical (unpaired) electrons. The van der Waals surface area contributed by atoms with Crippen LogP contribution in [0, 0.1) is 6.92 Å². The Labute approximate surface area is 138 Å². The second kappa shape index (κ2) is 7.43. The van der Waals surface area contributed by atoms with Crippen LogP contribution in [0.15, 0.2) is 60.7 Å². The average Bonchev–Trinajstić information content (AvgIpc) is 2.56. The van der Waals surface area contributed by atoms with Crippen LogP contribution < -0.4 is 9.82 Å². The predicted octanol–water partition coefficient (Wildman–Crippen LogP) is 3.76. The molecule has 2 aromatic rings. The fourth-order valence-corrected chi connectivity index (χ4v) is 3.50. The van der Waals surface area contributed by atoms with Crippen molar-refractivity contribution in [3.8, 4) is 5.75 Å². The molecule has 2 atom stereocenters. The molecule has 0 saturated heterocycles. The van der Waals surface area contributed by atoms with Crippen LogP contribution in [0.1, 0.15) is 16.7 Å². The van der Waals surface area contributed by atoms with Gasteiger partial charge < -0.3 is 9.82 Å². The van der Waals surface area contributed by atoms with Crippen molar-refractivity contribution in [2.45, 2.75) is 25.6 Å². The number of carbonyl (C=O) groups is 1. The highest BCUT2D eigenvalue weighted by Crippen LogP contribution is 2.25. The smallest absolute Gasteiger partial charge is 0.246 e. The van der Waals surface area contributed by atoms with Crippen LogP contribution in [0.3, 0.4) is 0 Å². The number of nitrogens with one attached hydrogen (secondary N) is 1. The minimum absolute atomic E-state index is 0.00909. The second-order valence-electron chi connectivity index (χ2n) is 5.73. The summed E-state index contributed by atoms with van der Waals surface area (Å²) in [7, 11) is 0.445. The zero-order valence-corrected chi connectivity index (χ0v) is 14.1. The summed E-state index contributed by atoms with van der Waals surface area (Å²) in [5.74, 6) is 0.894. The van der Waals surface area contributed by atoms with Crippen LogP contribution in [0.2, 0.25) is 0 Å². The van der Waals surface area contributed by atoms with Gasteiger partial charge in [-0.3, -0.25) is 4.79 Å². The first-order valence-electron chi connectivity index (χ1n) is 7.70. The van der Waals surface area contributed by atoms with Crippen molar-refractivity contribution in [2.24, 2.45) is 0 Å². The molecule has 0 bridgehead atoms. The Hall–Kier alpha value is -2.12. The molecule has 2 aromatic carbocycles. The molecule has 0 fully saturated rings. The Kier molecular flexibility index (Phi) is 5.09. The lowest BCUT2D eigenvalue weighted by molar-refractivity contribution is -0.114. The maximum absolute atomic E-state index is 11.1. The van der Waals surface area contributed by atoms with Gasteiger partial charge in [-0.05, 0) is 51.4 Å². The van der Waals surface area contributed by atoms with Crippen LogP contribution in [-0.4, -0.2) is 11.6 Å². The van der Waals surface area contributed by atoms with E-state index in [2.05, 4.69) is 48.4 Å². The summed E-state index contributed by atoms with van der Waals surface area (Å²) in [4.78, 5) is 11.1. The zero-order valence-electron chi connectivity index (χ0n) is 13.1. The molecule has 118 valence electrons. The van der Waals surface area contributed by atoms with Crippen molar-refractivity contribution in [2.75, 3.05) is 0 Å². The number of rotatable bonds is 5. The summed E-state index contributed by atoms with van der Waals surface area (Å²) in [6.07, 6.45) is 4.54. The molecule has 4 heteroatoms. The van der Waals surface area contributed by atoms with E-state index in [1.54, 1.807) is 6.08 Å². The summed E-state index contributed by atoms with van der Waals surface area (Å²) in [6.45, 7) is 2.66. The summed E-state index contributed by atoms with van der Waals surface area (Å²) < 4.78 is 5.91. The third kappa shape index (κ3) is 4.67. The van der Waals surface area contributed by atoms with Crippen LogP contribution in [-0.2, 0) is 17.8 Å². The third-order valence-electron chi connectivity index (χ3n) is 3.70. The lowest BCUT2D eigenvalue weighted by atomic mass is 10.1. The van der Waals surface area contributed by atoms with Crippen molar-refractivity contribution in [3.05, 3.63) is 77.4 Å². The molecular weight excluding hydrogens is 305 g/mol. The highest BCUT2D eigenvalue weighted by atomic mass is 31.1. The average molecular weight is 325 g/mol. The van der Waals surface area contributed by atoms with Gasteiger partial charge in [0.25, 0.3) is 0 Å². The van der Waals surface area contributed by atoms with Gasteiger partial charge in [0.05, 0.1) is 0 Å². The van der Waals surface area contributed by atoms with E-state index in [9.17, 15) is 4.79 Å². The molecule has 23 heavy (non-hydrogen) atoms. The van der Waals surface area contributed by atoms with E-state index >= 15 is 0 Å². The standard InChI is InChI=1S/C19H20NO2P/c1-14-4-2-6-16(10-14)13-22-17-7-3-5-15(11-17)12-18-8-9-19(21)20-23-18/h2-11,18,23H,12-13H2,1H3,(H,20,21). The fraction of sp³-hybridized carbons (Fsp3) is 0.211. The molecule has 1 aliphatic rings. The number of allylic oxidation sites excluding steroid dienone is 1. The largest absolute Gasteiger partial charge is 0.489 e. The Bertz CT molecular complexity index is 727. The van der Waals surface area contributed by atoms with Gasteiger partial charge in [-0.25, -0.2) is 0 Å². The van der Waals surface area contributed by atoms with Gasteiger partial charge in [-0.2, -0.15) is 0 Å². The van der Waals surface area contributed by atoms with E-state index in [0.717, 1.165) is 12.2 Å². The van der Waals surface area contributed by atoms with E-state index in [1.807, 2.05) is 18.2 Å². The maximum Gasteiger partial charge on any atom is 0.246 e. The lowest BCUT2D eigenvalue weighted by Gasteiger charge is -2.17. The number of amides is 1. The highest BCUT2D eigenvalue weighted by Gasteiger charge is 2.13. The van der Waals surface area contributed by atoms with Crippen LogP contribution in [0.25, 0.3) is 0 Å². The first kappa shape index (κ1) is 15.8. The minimum atomic E-state index is 0.00909. The van der Waals surface area contributed by atoms with E-state index in [-0.39, 0.29) is 5.91 Å². The van der Waals surface area contributed by atoms with Crippen molar-refractivity contribution in [1.29, 1.82) is 0 Å². The topological polar surface area (TPSA) is 38.3 Å². The van der Waals surface area contributed by atoms with Gasteiger partial charge in [-0.15, -0.1) is 0 Å². The first-order chi connectivity index (χ1) is 11.2. The van der Waals surface area contributed by atoms with Crippen molar-refractivity contribution >= 4 is 14.6 Å². The number of hydrogen-bond donors (Lipinski definition) is 1. The molecule has 3 rings (SSSR count). The maximum atomic E-state index is 11.1. The van der Waals surface area contributed by atoms with Crippen LogP contribution in [0.4, 0.5) is 0 Å². The van der Waals surface area contributed by atoms with Gasteiger partial charge in [0.1, 0.15) is 12.4 Å². The van der Waals surface area contributed by atoms with Crippen molar-refractivity contribution < 1.29 is 9.53 Å². The summed E-state index contributed by atoms with van der Waals surface area (Å²) in [6, 6.07) is 16.6. The summed E-state index contributed by atoms with van der Waals surface area (Å²) in [5.41, 5.74) is 4.02. The fourth-order valence-electron chi connectivity index (χ4n) is 2.56. The van der Waals surface area contributed by atoms with E-state index in [4.69, 9.17) is 4.74 Å². The van der Waals surface area contributed by atoms with Crippen molar-refractivity contribution in [3.63, 3.8) is 0 Å². The molecule has 0 aromatic heterocycles. The van der Waals surface area contributed by atoms with E-state index in [1.165, 1.54) is 16.7 Å². The van der Waals surface area contributed by atoms with E-state index < -0.39 is 0 Å². The first-order valence-corrected chi connectivity index (χ1v) is 8.78. The molecule has 1 aliphatic heterocycles. The molecule has 1 heterocycles. The number of carbonyl (C=O) groups excluding carboxylic acids is 1. The Morgan fingerprint density at radius 2 is 1.96 bits per heavy atom. The van der Waals surface area contributed by atoms with Crippen LogP contribution >= 0.6 is 8.73 Å². The van der Waals surface area contributed by atoms with Gasteiger partial charge in [0, 0.05) is 5.66 Å². The Balaban J connectivity index is 1.61. The lowest BCUT2D eigenvalue weighted by Crippen LogP contribution is -2.21. The normalized spacial score (nSPS) is 18.0. The SMILES string of the molecule is Cc1cccc(COc2cccc(CC3C=CC(=O)NP3)c2)c1. The van der Waals surface area contributed by atoms with Gasteiger partial charge in [-0.1, -0.05) is 48.0 Å². The monoisotopic (exact) mass is 325 g/mol. The Morgan fingerprint density at radius 3 is 2.74 bits per heavy atom. The number of ether oxygens (including phenoxy) is 1. The quantitative estimate of drug-likeness (QED) is 0.850. The molecule has 0 spiro atoms. The molecule has 1 N–H and O–H groups in total. The second-order valence-corrected chi connectivity index (χ2v) is 7.01. The molecule has 3 nitrogen and oxygen atoms in total. The zero-order chi connectivity index (χ0) is 16.1. The van der Waals surface area contributed by atoms with E-state index in [0.29, 0.717) is 21.0 Å². The highest BCUT2D eigenvalue weighted by molar-refractivity contribution is 7.38. The van der Waals surface area contributed by atoms with Crippen molar-refractivity contribution in [1.82, 2.24) is 5.09 Å². The number of benzene rings is 2. The van der Waals surface area contributed by atoms with Gasteiger partial charge in [0.2, 0.25) is 5.91 Å². The van der Waals surface area contributed by atoms with Gasteiger partial charge in [0.15, 0.2) is 0 Å². The summed E-state index contributed by atoms with van der Waals surface area (Å²) >= 11 is 0. The molecule has 0 saturated carbocycles. The molecule has 0 aliphatic carbocycles. The van der Waals surface area contributed by atoms with Crippen LogP contribution in [0.5, 0.6) is 5.75 Å². The third-order valence-corrected chi connectivity index (χ3v) is 4.86. The predicted molar refractivity (Wildman–Crippen MR) is 95.0 cm³/mol. The number of aryl methyl sites for hydroxylation is 1. The van der Waals surface area contributed by atoms with Gasteiger partial charge >= 0.3 is 0 Å². The minimum Gasteiger partial charge on any atom is -0.489 e.